The summed E-state index contributed by atoms with van der Waals surface area (Å²) in [6.07, 6.45) is 6.57. The van der Waals surface area contributed by atoms with Crippen LogP contribution in [0.15, 0.2) is 28.8 Å². The average Bonchev–Trinajstić information content (AvgIpc) is 3.33. The Labute approximate surface area is 190 Å². The summed E-state index contributed by atoms with van der Waals surface area (Å²) in [7, 11) is 1.64. The van der Waals surface area contributed by atoms with Crippen molar-refractivity contribution in [3.05, 3.63) is 24.3 Å². The molecular weight excluding hydrogens is 406 g/mol. The van der Waals surface area contributed by atoms with Crippen molar-refractivity contribution in [3.63, 3.8) is 0 Å². The number of amides is 1. The van der Waals surface area contributed by atoms with E-state index in [0.717, 1.165) is 56.8 Å². The Morgan fingerprint density at radius 2 is 1.94 bits per heavy atom. The number of piperidine rings is 2. The second-order valence-electron chi connectivity index (χ2n) is 8.92. The predicted molar refractivity (Wildman–Crippen MR) is 124 cm³/mol. The van der Waals surface area contributed by atoms with E-state index >= 15 is 0 Å². The molecule has 32 heavy (non-hydrogen) atoms. The number of hydrogen-bond acceptors (Lipinski definition) is 7. The number of rotatable bonds is 8. The van der Waals surface area contributed by atoms with Crippen molar-refractivity contribution in [2.45, 2.75) is 51.5 Å². The third kappa shape index (κ3) is 5.59. The van der Waals surface area contributed by atoms with Gasteiger partial charge in [0.05, 0.1) is 7.11 Å². The summed E-state index contributed by atoms with van der Waals surface area (Å²) < 4.78 is 10.7. The van der Waals surface area contributed by atoms with Crippen LogP contribution in [0, 0.1) is 5.92 Å². The lowest BCUT2D eigenvalue weighted by atomic mass is 9.96. The smallest absolute Gasteiger partial charge is 0.324 e. The molecule has 1 N–H and O–H groups in total. The van der Waals surface area contributed by atoms with Crippen molar-refractivity contribution in [2.24, 2.45) is 5.92 Å². The number of hydrogen-bond donors (Lipinski definition) is 1. The van der Waals surface area contributed by atoms with Gasteiger partial charge in [-0.25, -0.2) is 0 Å². The van der Waals surface area contributed by atoms with Crippen molar-refractivity contribution in [1.29, 1.82) is 0 Å². The zero-order chi connectivity index (χ0) is 22.3. The maximum absolute atomic E-state index is 12.6. The lowest BCUT2D eigenvalue weighted by Gasteiger charge is -2.33. The van der Waals surface area contributed by atoms with E-state index in [0.29, 0.717) is 17.9 Å². The number of methoxy groups -OCH3 is 1. The van der Waals surface area contributed by atoms with Gasteiger partial charge in [-0.15, -0.1) is 0 Å². The lowest BCUT2D eigenvalue weighted by molar-refractivity contribution is -0.125. The number of nitrogens with zero attached hydrogens (tertiary/aromatic N) is 4. The molecule has 1 atom stereocenters. The van der Waals surface area contributed by atoms with Gasteiger partial charge in [0.2, 0.25) is 11.7 Å². The Kier molecular flexibility index (Phi) is 7.63. The standard InChI is InChI=1S/C24H35N5O3/c1-18-6-3-4-14-28(18)15-5-13-25-23(30)20-11-16-29(17-12-20)24-26-22(27-32-24)19-7-9-21(31-2)10-8-19/h7-10,18,20H,3-6,11-17H2,1-2H3,(H,25,30)/t18-/m0/s1. The minimum absolute atomic E-state index is 0.0594. The van der Waals surface area contributed by atoms with Crippen molar-refractivity contribution < 1.29 is 14.1 Å². The van der Waals surface area contributed by atoms with Gasteiger partial charge in [-0.3, -0.25) is 4.79 Å². The van der Waals surface area contributed by atoms with E-state index in [2.05, 4.69) is 32.2 Å². The molecular formula is C24H35N5O3. The number of carbonyl (C=O) groups excluding carboxylic acids is 1. The molecule has 8 nitrogen and oxygen atoms in total. The van der Waals surface area contributed by atoms with Gasteiger partial charge in [0, 0.05) is 43.7 Å². The van der Waals surface area contributed by atoms with Crippen LogP contribution in [-0.2, 0) is 4.79 Å². The molecule has 2 aliphatic rings. The van der Waals surface area contributed by atoms with E-state index < -0.39 is 0 Å². The van der Waals surface area contributed by atoms with E-state index in [1.54, 1.807) is 7.11 Å². The Morgan fingerprint density at radius 3 is 2.66 bits per heavy atom. The molecule has 1 aromatic carbocycles. The Bertz CT molecular complexity index is 861. The Morgan fingerprint density at radius 1 is 1.16 bits per heavy atom. The third-order valence-corrected chi connectivity index (χ3v) is 6.76. The van der Waals surface area contributed by atoms with Crippen LogP contribution in [-0.4, -0.2) is 66.8 Å². The first-order chi connectivity index (χ1) is 15.6. The Balaban J connectivity index is 1.19. The van der Waals surface area contributed by atoms with Crippen LogP contribution in [0.3, 0.4) is 0 Å². The fourth-order valence-electron chi connectivity index (χ4n) is 4.66. The van der Waals surface area contributed by atoms with Crippen LogP contribution in [0.1, 0.15) is 45.4 Å². The first kappa shape index (κ1) is 22.6. The van der Waals surface area contributed by atoms with Crippen LogP contribution >= 0.6 is 0 Å². The van der Waals surface area contributed by atoms with E-state index in [1.165, 1.54) is 25.8 Å². The molecule has 8 heteroatoms. The van der Waals surface area contributed by atoms with Crippen LogP contribution in [0.5, 0.6) is 5.75 Å². The van der Waals surface area contributed by atoms with Gasteiger partial charge in [0.15, 0.2) is 0 Å². The third-order valence-electron chi connectivity index (χ3n) is 6.76. The number of carbonyl (C=O) groups is 1. The molecule has 2 saturated heterocycles. The highest BCUT2D eigenvalue weighted by Gasteiger charge is 2.27. The maximum Gasteiger partial charge on any atom is 0.324 e. The molecule has 1 amide bonds. The zero-order valence-electron chi connectivity index (χ0n) is 19.3. The molecule has 0 saturated carbocycles. The molecule has 0 unspecified atom stereocenters. The van der Waals surface area contributed by atoms with Crippen LogP contribution < -0.4 is 15.0 Å². The molecule has 0 radical (unpaired) electrons. The number of nitrogens with one attached hydrogen (secondary N) is 1. The number of benzene rings is 1. The lowest BCUT2D eigenvalue weighted by Crippen LogP contribution is -2.42. The summed E-state index contributed by atoms with van der Waals surface area (Å²) in [5.74, 6) is 1.59. The van der Waals surface area contributed by atoms with Gasteiger partial charge < -0.3 is 24.4 Å². The highest BCUT2D eigenvalue weighted by molar-refractivity contribution is 5.78. The molecule has 174 valence electrons. The maximum atomic E-state index is 12.6. The summed E-state index contributed by atoms with van der Waals surface area (Å²) in [4.78, 5) is 21.8. The molecule has 3 heterocycles. The minimum Gasteiger partial charge on any atom is -0.497 e. The van der Waals surface area contributed by atoms with E-state index in [9.17, 15) is 4.79 Å². The van der Waals surface area contributed by atoms with E-state index in [1.807, 2.05) is 24.3 Å². The summed E-state index contributed by atoms with van der Waals surface area (Å²) in [5.41, 5.74) is 0.883. The number of likely N-dealkylation sites (tertiary alicyclic amines) is 1. The highest BCUT2D eigenvalue weighted by atomic mass is 16.5. The van der Waals surface area contributed by atoms with Crippen LogP contribution in [0.25, 0.3) is 11.4 Å². The van der Waals surface area contributed by atoms with Gasteiger partial charge in [-0.1, -0.05) is 11.6 Å². The van der Waals surface area contributed by atoms with Gasteiger partial charge in [-0.2, -0.15) is 4.98 Å². The second kappa shape index (κ2) is 10.8. The molecule has 2 aliphatic heterocycles. The molecule has 0 bridgehead atoms. The number of ether oxygens (including phenoxy) is 1. The van der Waals surface area contributed by atoms with Crippen molar-refractivity contribution in [3.8, 4) is 17.1 Å². The minimum atomic E-state index is 0.0594. The number of aromatic nitrogens is 2. The van der Waals surface area contributed by atoms with E-state index in [-0.39, 0.29) is 11.8 Å². The molecule has 4 rings (SSSR count). The quantitative estimate of drug-likeness (QED) is 0.629. The molecule has 2 fully saturated rings. The molecule has 0 spiro atoms. The molecule has 0 aliphatic carbocycles. The summed E-state index contributed by atoms with van der Waals surface area (Å²) in [5, 5.41) is 7.26. The SMILES string of the molecule is COc1ccc(-c2noc(N3CCC(C(=O)NCCCN4CCCC[C@@H]4C)CC3)n2)cc1. The summed E-state index contributed by atoms with van der Waals surface area (Å²) in [6.45, 7) is 6.84. The van der Waals surface area contributed by atoms with Gasteiger partial charge in [-0.05, 0) is 69.8 Å². The van der Waals surface area contributed by atoms with Crippen molar-refractivity contribution in [1.82, 2.24) is 20.4 Å². The average molecular weight is 442 g/mol. The zero-order valence-corrected chi connectivity index (χ0v) is 19.3. The van der Waals surface area contributed by atoms with Crippen LogP contribution in [0.4, 0.5) is 6.01 Å². The summed E-state index contributed by atoms with van der Waals surface area (Å²) >= 11 is 0. The number of anilines is 1. The Hall–Kier alpha value is -2.61. The topological polar surface area (TPSA) is 83.7 Å². The fourth-order valence-corrected chi connectivity index (χ4v) is 4.66. The first-order valence-corrected chi connectivity index (χ1v) is 11.9. The highest BCUT2D eigenvalue weighted by Crippen LogP contribution is 2.26. The van der Waals surface area contributed by atoms with Crippen molar-refractivity contribution >= 4 is 11.9 Å². The van der Waals surface area contributed by atoms with Crippen LogP contribution in [0.2, 0.25) is 0 Å². The molecule has 2 aromatic rings. The van der Waals surface area contributed by atoms with Gasteiger partial charge >= 0.3 is 6.01 Å². The van der Waals surface area contributed by atoms with Gasteiger partial charge in [0.1, 0.15) is 5.75 Å². The summed E-state index contributed by atoms with van der Waals surface area (Å²) in [6, 6.07) is 8.78. The first-order valence-electron chi connectivity index (χ1n) is 11.9. The normalized spacial score (nSPS) is 20.3. The van der Waals surface area contributed by atoms with Crippen molar-refractivity contribution in [2.75, 3.05) is 44.7 Å². The van der Waals surface area contributed by atoms with E-state index in [4.69, 9.17) is 9.26 Å². The predicted octanol–water partition coefficient (Wildman–Crippen LogP) is 3.34. The fraction of sp³-hybridized carbons (Fsp3) is 0.625. The van der Waals surface area contributed by atoms with Gasteiger partial charge in [0.25, 0.3) is 0 Å². The largest absolute Gasteiger partial charge is 0.497 e. The molecule has 1 aromatic heterocycles. The second-order valence-corrected chi connectivity index (χ2v) is 8.92. The monoisotopic (exact) mass is 441 g/mol.